The predicted molar refractivity (Wildman–Crippen MR) is 83.8 cm³/mol. The lowest BCUT2D eigenvalue weighted by Crippen LogP contribution is -2.19. The average molecular weight is 330 g/mol. The highest BCUT2D eigenvalue weighted by atomic mass is 32.2. The van der Waals surface area contributed by atoms with E-state index in [4.69, 9.17) is 4.74 Å². The molecule has 8 heteroatoms. The van der Waals surface area contributed by atoms with Crippen LogP contribution in [-0.2, 0) is 14.8 Å². The molecule has 0 saturated carbocycles. The van der Waals surface area contributed by atoms with E-state index in [1.54, 1.807) is 0 Å². The van der Waals surface area contributed by atoms with Crippen LogP contribution in [0.4, 0.5) is 5.69 Å². The van der Waals surface area contributed by atoms with Gasteiger partial charge in [-0.05, 0) is 45.5 Å². The number of nitrogens with one attached hydrogen (secondary N) is 2. The summed E-state index contributed by atoms with van der Waals surface area (Å²) in [6.07, 6.45) is 0.869. The summed E-state index contributed by atoms with van der Waals surface area (Å²) >= 11 is 0. The van der Waals surface area contributed by atoms with Gasteiger partial charge >= 0.3 is 5.97 Å². The molecular formula is C14H22N2O5S. The largest absolute Gasteiger partial charge is 0.478 e. The van der Waals surface area contributed by atoms with Crippen LogP contribution in [0.15, 0.2) is 23.1 Å². The van der Waals surface area contributed by atoms with E-state index in [9.17, 15) is 18.3 Å². The monoisotopic (exact) mass is 330 g/mol. The molecule has 0 aliphatic carbocycles. The van der Waals surface area contributed by atoms with Crippen LogP contribution in [0.3, 0.4) is 0 Å². The molecule has 0 heterocycles. The molecule has 7 nitrogen and oxygen atoms in total. The van der Waals surface area contributed by atoms with E-state index in [0.717, 1.165) is 6.07 Å². The van der Waals surface area contributed by atoms with Crippen molar-refractivity contribution in [3.8, 4) is 0 Å². The molecule has 124 valence electrons. The van der Waals surface area contributed by atoms with Crippen LogP contribution in [0.1, 0.15) is 30.6 Å². The molecule has 0 radical (unpaired) electrons. The van der Waals surface area contributed by atoms with Crippen LogP contribution in [-0.4, -0.2) is 45.8 Å². The fourth-order valence-electron chi connectivity index (χ4n) is 1.75. The van der Waals surface area contributed by atoms with Gasteiger partial charge in [0.15, 0.2) is 0 Å². The summed E-state index contributed by atoms with van der Waals surface area (Å²) in [5, 5.41) is 12.2. The predicted octanol–water partition coefficient (Wildman–Crippen LogP) is 1.52. The summed E-state index contributed by atoms with van der Waals surface area (Å²) in [5.41, 5.74) is 0.299. The van der Waals surface area contributed by atoms with Crippen molar-refractivity contribution in [3.63, 3.8) is 0 Å². The topological polar surface area (TPSA) is 105 Å². The van der Waals surface area contributed by atoms with Gasteiger partial charge in [-0.1, -0.05) is 0 Å². The minimum atomic E-state index is -3.67. The van der Waals surface area contributed by atoms with Gasteiger partial charge in [0.25, 0.3) is 0 Å². The first-order chi connectivity index (χ1) is 10.3. The number of rotatable bonds is 9. The van der Waals surface area contributed by atoms with Gasteiger partial charge in [-0.3, -0.25) is 0 Å². The van der Waals surface area contributed by atoms with Gasteiger partial charge in [-0.15, -0.1) is 0 Å². The van der Waals surface area contributed by atoms with E-state index < -0.39 is 16.0 Å². The Morgan fingerprint density at radius 3 is 2.59 bits per heavy atom. The maximum Gasteiger partial charge on any atom is 0.337 e. The van der Waals surface area contributed by atoms with Gasteiger partial charge in [0, 0.05) is 18.8 Å². The maximum atomic E-state index is 11.7. The number of anilines is 1. The number of carbonyl (C=O) groups is 1. The van der Waals surface area contributed by atoms with Gasteiger partial charge in [0.2, 0.25) is 10.0 Å². The van der Waals surface area contributed by atoms with Crippen LogP contribution in [0.5, 0.6) is 0 Å². The molecule has 0 unspecified atom stereocenters. The normalized spacial score (nSPS) is 11.6. The van der Waals surface area contributed by atoms with E-state index in [1.807, 2.05) is 13.8 Å². The summed E-state index contributed by atoms with van der Waals surface area (Å²) in [6, 6.07) is 3.96. The molecule has 0 fully saturated rings. The van der Waals surface area contributed by atoms with Crippen molar-refractivity contribution in [1.29, 1.82) is 0 Å². The summed E-state index contributed by atoms with van der Waals surface area (Å²) in [6.45, 7) is 4.98. The highest BCUT2D eigenvalue weighted by Crippen LogP contribution is 2.20. The van der Waals surface area contributed by atoms with Crippen LogP contribution in [0.25, 0.3) is 0 Å². The van der Waals surface area contributed by atoms with Gasteiger partial charge in [0.1, 0.15) is 0 Å². The molecule has 0 spiro atoms. The van der Waals surface area contributed by atoms with Crippen molar-refractivity contribution >= 4 is 21.7 Å². The number of carboxylic acids is 1. The molecular weight excluding hydrogens is 308 g/mol. The third kappa shape index (κ3) is 5.28. The van der Waals surface area contributed by atoms with E-state index in [-0.39, 0.29) is 16.6 Å². The van der Waals surface area contributed by atoms with E-state index >= 15 is 0 Å². The van der Waals surface area contributed by atoms with Crippen molar-refractivity contribution in [2.24, 2.45) is 0 Å². The Balaban J connectivity index is 2.81. The van der Waals surface area contributed by atoms with Gasteiger partial charge < -0.3 is 15.2 Å². The van der Waals surface area contributed by atoms with Crippen molar-refractivity contribution in [2.45, 2.75) is 31.3 Å². The SMILES string of the molecule is CNS(=O)(=O)c1ccc(NCCCOC(C)C)c(C(=O)O)c1. The summed E-state index contributed by atoms with van der Waals surface area (Å²) in [4.78, 5) is 11.2. The number of sulfonamides is 1. The summed E-state index contributed by atoms with van der Waals surface area (Å²) in [7, 11) is -2.40. The van der Waals surface area contributed by atoms with Crippen molar-refractivity contribution in [3.05, 3.63) is 23.8 Å². The lowest BCUT2D eigenvalue weighted by molar-refractivity contribution is 0.0697. The van der Waals surface area contributed by atoms with Gasteiger partial charge in [0.05, 0.1) is 16.6 Å². The minimum Gasteiger partial charge on any atom is -0.478 e. The Morgan fingerprint density at radius 2 is 2.05 bits per heavy atom. The van der Waals surface area contributed by atoms with Gasteiger partial charge in [-0.25, -0.2) is 17.9 Å². The van der Waals surface area contributed by atoms with Crippen molar-refractivity contribution in [1.82, 2.24) is 4.72 Å². The fraction of sp³-hybridized carbons (Fsp3) is 0.500. The lowest BCUT2D eigenvalue weighted by atomic mass is 10.2. The first-order valence-electron chi connectivity index (χ1n) is 6.94. The minimum absolute atomic E-state index is 0.0823. The first-order valence-corrected chi connectivity index (χ1v) is 8.42. The molecule has 0 amide bonds. The molecule has 22 heavy (non-hydrogen) atoms. The zero-order chi connectivity index (χ0) is 16.8. The zero-order valence-electron chi connectivity index (χ0n) is 12.9. The molecule has 0 saturated heterocycles. The molecule has 3 N–H and O–H groups in total. The Hall–Kier alpha value is -1.64. The van der Waals surface area contributed by atoms with E-state index in [2.05, 4.69) is 10.0 Å². The first kappa shape index (κ1) is 18.4. The second-order valence-electron chi connectivity index (χ2n) is 4.92. The van der Waals surface area contributed by atoms with Crippen LogP contribution < -0.4 is 10.0 Å². The lowest BCUT2D eigenvalue weighted by Gasteiger charge is -2.12. The van der Waals surface area contributed by atoms with Crippen molar-refractivity contribution < 1.29 is 23.1 Å². The maximum absolute atomic E-state index is 11.7. The van der Waals surface area contributed by atoms with Gasteiger partial charge in [-0.2, -0.15) is 0 Å². The second kappa shape index (κ2) is 8.11. The molecule has 0 aliphatic rings. The third-order valence-electron chi connectivity index (χ3n) is 2.89. The molecule has 0 bridgehead atoms. The molecule has 1 aromatic rings. The Labute approximate surface area is 130 Å². The van der Waals surface area contributed by atoms with E-state index in [1.165, 1.54) is 19.2 Å². The average Bonchev–Trinajstić information content (AvgIpc) is 2.46. The van der Waals surface area contributed by atoms with E-state index in [0.29, 0.717) is 25.3 Å². The molecule has 0 atom stereocenters. The molecule has 0 aromatic heterocycles. The van der Waals surface area contributed by atoms with Crippen LogP contribution >= 0.6 is 0 Å². The third-order valence-corrected chi connectivity index (χ3v) is 4.30. The van der Waals surface area contributed by atoms with Crippen LogP contribution in [0.2, 0.25) is 0 Å². The summed E-state index contributed by atoms with van der Waals surface area (Å²) < 4.78 is 31.0. The fourth-order valence-corrected chi connectivity index (χ4v) is 2.51. The Kier molecular flexibility index (Phi) is 6.79. The number of aromatic carboxylic acids is 1. The van der Waals surface area contributed by atoms with Crippen molar-refractivity contribution in [2.75, 3.05) is 25.5 Å². The standard InChI is InChI=1S/C14H22N2O5S/c1-10(2)21-8-4-7-16-13-6-5-11(22(19,20)15-3)9-12(13)14(17)18/h5-6,9-10,15-16H,4,7-8H2,1-3H3,(H,17,18). The Morgan fingerprint density at radius 1 is 1.36 bits per heavy atom. The smallest absolute Gasteiger partial charge is 0.337 e. The number of carboxylic acid groups (broad SMARTS) is 1. The number of ether oxygens (including phenoxy) is 1. The molecule has 0 aliphatic heterocycles. The molecule has 1 aromatic carbocycles. The second-order valence-corrected chi connectivity index (χ2v) is 6.81. The quantitative estimate of drug-likeness (QED) is 0.593. The molecule has 1 rings (SSSR count). The van der Waals surface area contributed by atoms with Crippen LogP contribution in [0, 0.1) is 0 Å². The highest BCUT2D eigenvalue weighted by Gasteiger charge is 2.17. The highest BCUT2D eigenvalue weighted by molar-refractivity contribution is 7.89. The summed E-state index contributed by atoms with van der Waals surface area (Å²) in [5.74, 6) is -1.19. The number of hydrogen-bond donors (Lipinski definition) is 3. The zero-order valence-corrected chi connectivity index (χ0v) is 13.7. The number of hydrogen-bond acceptors (Lipinski definition) is 5. The number of benzene rings is 1. The Bertz CT molecular complexity index is 614.